The van der Waals surface area contributed by atoms with Crippen LogP contribution in [0.1, 0.15) is 39.5 Å². The van der Waals surface area contributed by atoms with Gasteiger partial charge < -0.3 is 14.7 Å². The lowest BCUT2D eigenvalue weighted by atomic mass is 10.3. The highest BCUT2D eigenvalue weighted by Crippen LogP contribution is 1.87. The van der Waals surface area contributed by atoms with E-state index in [0.717, 1.165) is 25.5 Å². The van der Waals surface area contributed by atoms with Gasteiger partial charge in [-0.3, -0.25) is 0 Å². The number of aliphatic hydroxyl groups excluding tert-OH is 1. The molecule has 0 aromatic rings. The summed E-state index contributed by atoms with van der Waals surface area (Å²) in [6, 6.07) is 0. The molecule has 0 spiro atoms. The molecule has 0 aromatic heterocycles. The summed E-state index contributed by atoms with van der Waals surface area (Å²) in [5.74, 6) is 0. The predicted octanol–water partition coefficient (Wildman–Crippen LogP) is 1.33. The minimum atomic E-state index is -0.470. The summed E-state index contributed by atoms with van der Waals surface area (Å²) in [6.45, 7) is 3.65. The second-order valence-corrected chi connectivity index (χ2v) is 2.56. The lowest BCUT2D eigenvalue weighted by molar-refractivity contribution is -0.109. The largest absolute Gasteiger partial charge is 0.393 e. The fourth-order valence-electron chi connectivity index (χ4n) is 0.427. The Kier molecular flexibility index (Phi) is 14.9. The third-order valence-electron chi connectivity index (χ3n) is 1.11. The summed E-state index contributed by atoms with van der Waals surface area (Å²) < 4.78 is 0. The molecule has 0 saturated heterocycles. The van der Waals surface area contributed by atoms with Gasteiger partial charge >= 0.3 is 0 Å². The van der Waals surface area contributed by atoms with Crippen LogP contribution in [0.5, 0.6) is 0 Å². The van der Waals surface area contributed by atoms with E-state index >= 15 is 0 Å². The number of unbranched alkanes of at least 4 members (excludes halogenated alkanes) is 2. The van der Waals surface area contributed by atoms with Gasteiger partial charge in [0.2, 0.25) is 0 Å². The summed E-state index contributed by atoms with van der Waals surface area (Å²) in [6.07, 6.45) is 4.34. The smallest absolute Gasteiger partial charge is 0.122 e. The maximum absolute atomic E-state index is 9.56. The van der Waals surface area contributed by atoms with Gasteiger partial charge in [0.05, 0.1) is 6.10 Å². The van der Waals surface area contributed by atoms with Gasteiger partial charge in [-0.1, -0.05) is 13.3 Å². The first-order valence-corrected chi connectivity index (χ1v) is 4.24. The van der Waals surface area contributed by atoms with E-state index in [1.807, 2.05) is 0 Å². The van der Waals surface area contributed by atoms with Crippen molar-refractivity contribution in [1.82, 2.24) is 0 Å². The van der Waals surface area contributed by atoms with Crippen LogP contribution in [0.2, 0.25) is 0 Å². The third-order valence-corrected chi connectivity index (χ3v) is 1.11. The minimum absolute atomic E-state index is 0.250. The van der Waals surface area contributed by atoms with Crippen LogP contribution in [0, 0.1) is 0 Å². The van der Waals surface area contributed by atoms with Crippen LogP contribution in [-0.4, -0.2) is 23.8 Å². The minimum Gasteiger partial charge on any atom is -0.393 e. The zero-order valence-corrected chi connectivity index (χ0v) is 7.82. The molecular weight excluding hydrogens is 156 g/mol. The van der Waals surface area contributed by atoms with Crippen LogP contribution >= 0.6 is 0 Å². The summed E-state index contributed by atoms with van der Waals surface area (Å²) in [4.78, 5) is 19.0. The molecule has 1 N–H and O–H groups in total. The number of hydrogen-bond acceptors (Lipinski definition) is 3. The monoisotopic (exact) mass is 174 g/mol. The van der Waals surface area contributed by atoms with E-state index in [9.17, 15) is 9.59 Å². The molecule has 1 unspecified atom stereocenters. The van der Waals surface area contributed by atoms with Gasteiger partial charge in [-0.2, -0.15) is 0 Å². The van der Waals surface area contributed by atoms with Gasteiger partial charge in [-0.15, -0.1) is 0 Å². The second kappa shape index (κ2) is 12.9. The van der Waals surface area contributed by atoms with Crippen LogP contribution in [0.15, 0.2) is 0 Å². The Morgan fingerprint density at radius 2 is 1.92 bits per heavy atom. The van der Waals surface area contributed by atoms with Crippen molar-refractivity contribution in [3.8, 4) is 0 Å². The first kappa shape index (κ1) is 13.9. The van der Waals surface area contributed by atoms with Crippen molar-refractivity contribution in [2.24, 2.45) is 0 Å². The van der Waals surface area contributed by atoms with Crippen molar-refractivity contribution < 1.29 is 14.7 Å². The summed E-state index contributed by atoms with van der Waals surface area (Å²) in [7, 11) is 0. The maximum atomic E-state index is 9.56. The van der Waals surface area contributed by atoms with Gasteiger partial charge in [-0.25, -0.2) is 0 Å². The van der Waals surface area contributed by atoms with Crippen LogP contribution in [-0.2, 0) is 9.59 Å². The zero-order chi connectivity index (χ0) is 9.82. The van der Waals surface area contributed by atoms with E-state index in [1.165, 1.54) is 0 Å². The van der Waals surface area contributed by atoms with Gasteiger partial charge in [0.1, 0.15) is 12.6 Å². The molecule has 0 saturated carbocycles. The van der Waals surface area contributed by atoms with Crippen molar-refractivity contribution in [3.05, 3.63) is 0 Å². The van der Waals surface area contributed by atoms with Gasteiger partial charge in [0.15, 0.2) is 0 Å². The molecular formula is C9H18O3. The van der Waals surface area contributed by atoms with Crippen molar-refractivity contribution in [2.45, 2.75) is 45.6 Å². The standard InChI is InChI=1S/C5H10O.C4H8O2/c1-2-3-4-5-6;1-4(6)2-3-5/h5H,2-4H2,1H3;3-4,6H,2H2,1H3. The number of aliphatic hydroxyl groups is 1. The number of rotatable bonds is 5. The first-order valence-electron chi connectivity index (χ1n) is 4.24. The molecule has 0 aromatic carbocycles. The summed E-state index contributed by atoms with van der Waals surface area (Å²) >= 11 is 0. The fraction of sp³-hybridized carbons (Fsp3) is 0.778. The topological polar surface area (TPSA) is 54.4 Å². The van der Waals surface area contributed by atoms with E-state index in [-0.39, 0.29) is 6.42 Å². The van der Waals surface area contributed by atoms with Gasteiger partial charge in [0, 0.05) is 12.8 Å². The molecule has 12 heavy (non-hydrogen) atoms. The van der Waals surface area contributed by atoms with Crippen LogP contribution in [0.25, 0.3) is 0 Å². The highest BCUT2D eigenvalue weighted by Gasteiger charge is 1.87. The van der Waals surface area contributed by atoms with E-state index in [2.05, 4.69) is 6.92 Å². The van der Waals surface area contributed by atoms with Crippen LogP contribution < -0.4 is 0 Å². The number of carbonyl (C=O) groups is 2. The molecule has 0 heterocycles. The molecule has 0 amide bonds. The molecule has 3 nitrogen and oxygen atoms in total. The lowest BCUT2D eigenvalue weighted by Crippen LogP contribution is -1.97. The molecule has 0 aliphatic heterocycles. The maximum Gasteiger partial charge on any atom is 0.122 e. The number of aldehydes is 2. The van der Waals surface area contributed by atoms with Crippen LogP contribution in [0.3, 0.4) is 0 Å². The summed E-state index contributed by atoms with van der Waals surface area (Å²) in [5, 5.41) is 8.32. The van der Waals surface area contributed by atoms with E-state index in [0.29, 0.717) is 6.29 Å². The Labute approximate surface area is 73.8 Å². The molecule has 0 aliphatic rings. The molecule has 3 heteroatoms. The highest BCUT2D eigenvalue weighted by atomic mass is 16.3. The lowest BCUT2D eigenvalue weighted by Gasteiger charge is -1.89. The van der Waals surface area contributed by atoms with Crippen molar-refractivity contribution >= 4 is 12.6 Å². The Morgan fingerprint density at radius 3 is 2.00 bits per heavy atom. The van der Waals surface area contributed by atoms with Gasteiger partial charge in [0.25, 0.3) is 0 Å². The molecule has 0 bridgehead atoms. The average molecular weight is 174 g/mol. The Morgan fingerprint density at radius 1 is 1.33 bits per heavy atom. The third kappa shape index (κ3) is 22.8. The molecule has 0 radical (unpaired) electrons. The molecule has 72 valence electrons. The first-order chi connectivity index (χ1) is 5.68. The van der Waals surface area contributed by atoms with Crippen molar-refractivity contribution in [3.63, 3.8) is 0 Å². The molecule has 1 atom stereocenters. The SMILES string of the molecule is CC(O)CC=O.CCCCC=O. The van der Waals surface area contributed by atoms with E-state index < -0.39 is 6.10 Å². The highest BCUT2D eigenvalue weighted by molar-refractivity contribution is 5.49. The predicted molar refractivity (Wildman–Crippen MR) is 48.0 cm³/mol. The Balaban J connectivity index is 0. The fourth-order valence-corrected chi connectivity index (χ4v) is 0.427. The van der Waals surface area contributed by atoms with E-state index in [1.54, 1.807) is 6.92 Å². The zero-order valence-electron chi connectivity index (χ0n) is 7.82. The van der Waals surface area contributed by atoms with Gasteiger partial charge in [-0.05, 0) is 13.3 Å². The van der Waals surface area contributed by atoms with Crippen molar-refractivity contribution in [2.75, 3.05) is 0 Å². The summed E-state index contributed by atoms with van der Waals surface area (Å²) in [5.41, 5.74) is 0. The quantitative estimate of drug-likeness (QED) is 0.505. The average Bonchev–Trinajstić information content (AvgIpc) is 2.02. The van der Waals surface area contributed by atoms with Crippen molar-refractivity contribution in [1.29, 1.82) is 0 Å². The number of carbonyl (C=O) groups excluding carboxylic acids is 2. The van der Waals surface area contributed by atoms with Crippen LogP contribution in [0.4, 0.5) is 0 Å². The number of hydrogen-bond donors (Lipinski definition) is 1. The molecule has 0 rings (SSSR count). The molecule has 0 aliphatic carbocycles. The Bertz CT molecular complexity index is 99.9. The molecule has 0 fully saturated rings. The van der Waals surface area contributed by atoms with E-state index in [4.69, 9.17) is 5.11 Å². The Hall–Kier alpha value is -0.700. The normalized spacial score (nSPS) is 10.9. The second-order valence-electron chi connectivity index (χ2n) is 2.56.